The molecule has 0 radical (unpaired) electrons. The minimum Gasteiger partial charge on any atom is -0.414 e. The molecule has 1 unspecified atom stereocenters. The molecule has 136 valence electrons. The molecule has 1 atom stereocenters. The van der Waals surface area contributed by atoms with Crippen molar-refractivity contribution >= 4 is 33.5 Å². The van der Waals surface area contributed by atoms with E-state index in [9.17, 15) is 9.59 Å². The van der Waals surface area contributed by atoms with E-state index in [-0.39, 0.29) is 0 Å². The van der Waals surface area contributed by atoms with E-state index in [0.717, 1.165) is 21.5 Å². The molecule has 5 rings (SSSR count). The summed E-state index contributed by atoms with van der Waals surface area (Å²) >= 11 is 0. The van der Waals surface area contributed by atoms with Crippen LogP contribution >= 0.6 is 0 Å². The molecule has 0 spiro atoms. The van der Waals surface area contributed by atoms with Crippen molar-refractivity contribution in [2.24, 2.45) is 0 Å². The van der Waals surface area contributed by atoms with E-state index < -0.39 is 17.7 Å². The van der Waals surface area contributed by atoms with Crippen LogP contribution in [0.25, 0.3) is 21.5 Å². The maximum Gasteiger partial charge on any atom is 0.342 e. The molecule has 0 amide bonds. The van der Waals surface area contributed by atoms with Crippen LogP contribution in [0.4, 0.5) is 0 Å². The topological polar surface area (TPSA) is 52.6 Å². The fraction of sp³-hybridized carbons (Fsp3) is 0.0833. The zero-order valence-electron chi connectivity index (χ0n) is 15.1. The van der Waals surface area contributed by atoms with E-state index in [2.05, 4.69) is 0 Å². The first-order valence-corrected chi connectivity index (χ1v) is 9.03. The van der Waals surface area contributed by atoms with Gasteiger partial charge in [-0.2, -0.15) is 0 Å². The minimum absolute atomic E-state index is 0.410. The summed E-state index contributed by atoms with van der Waals surface area (Å²) in [4.78, 5) is 24.8. The van der Waals surface area contributed by atoms with Gasteiger partial charge in [-0.05, 0) is 33.7 Å². The first kappa shape index (κ1) is 16.5. The highest BCUT2D eigenvalue weighted by Crippen LogP contribution is 2.47. The Balaban J connectivity index is 1.86. The molecule has 1 aliphatic rings. The highest BCUT2D eigenvalue weighted by Gasteiger charge is 2.51. The predicted molar refractivity (Wildman–Crippen MR) is 106 cm³/mol. The molecule has 0 saturated heterocycles. The Kier molecular flexibility index (Phi) is 3.49. The largest absolute Gasteiger partial charge is 0.414 e. The van der Waals surface area contributed by atoms with Gasteiger partial charge in [0.25, 0.3) is 0 Å². The third-order valence-corrected chi connectivity index (χ3v) is 5.13. The SMILES string of the molecule is CC(=O)OC1(c2ccc3ccccc3c2)OC(=O)c2ccc3ccccc3c21. The van der Waals surface area contributed by atoms with Crippen LogP contribution in [-0.2, 0) is 20.1 Å². The average Bonchev–Trinajstić information content (AvgIpc) is 3.00. The quantitative estimate of drug-likeness (QED) is 0.471. The van der Waals surface area contributed by atoms with E-state index in [1.807, 2.05) is 72.8 Å². The van der Waals surface area contributed by atoms with Crippen molar-refractivity contribution in [2.75, 3.05) is 0 Å². The first-order chi connectivity index (χ1) is 13.6. The van der Waals surface area contributed by atoms with Gasteiger partial charge in [0, 0.05) is 12.5 Å². The molecule has 1 aliphatic heterocycles. The van der Waals surface area contributed by atoms with Gasteiger partial charge >= 0.3 is 17.7 Å². The number of cyclic esters (lactones) is 1. The molecule has 4 nitrogen and oxygen atoms in total. The summed E-state index contributed by atoms with van der Waals surface area (Å²) in [5.41, 5.74) is 1.58. The fourth-order valence-electron chi connectivity index (χ4n) is 3.96. The summed E-state index contributed by atoms with van der Waals surface area (Å²) in [6, 6.07) is 24.9. The van der Waals surface area contributed by atoms with Gasteiger partial charge in [-0.15, -0.1) is 0 Å². The Hall–Kier alpha value is -3.66. The van der Waals surface area contributed by atoms with Crippen molar-refractivity contribution in [3.8, 4) is 0 Å². The van der Waals surface area contributed by atoms with Crippen molar-refractivity contribution in [1.82, 2.24) is 0 Å². The monoisotopic (exact) mass is 368 g/mol. The van der Waals surface area contributed by atoms with Crippen LogP contribution in [0.3, 0.4) is 0 Å². The maximum atomic E-state index is 12.7. The molecule has 4 aromatic rings. The van der Waals surface area contributed by atoms with Crippen LogP contribution in [0.2, 0.25) is 0 Å². The van der Waals surface area contributed by atoms with E-state index in [1.54, 1.807) is 6.07 Å². The van der Waals surface area contributed by atoms with Crippen LogP contribution in [0, 0.1) is 0 Å². The van der Waals surface area contributed by atoms with Gasteiger partial charge in [-0.1, -0.05) is 66.7 Å². The zero-order valence-corrected chi connectivity index (χ0v) is 15.1. The van der Waals surface area contributed by atoms with Crippen LogP contribution in [0.1, 0.15) is 28.4 Å². The van der Waals surface area contributed by atoms with Gasteiger partial charge in [0.15, 0.2) is 0 Å². The molecule has 4 heteroatoms. The van der Waals surface area contributed by atoms with Gasteiger partial charge in [0.2, 0.25) is 0 Å². The van der Waals surface area contributed by atoms with Crippen molar-refractivity contribution in [3.63, 3.8) is 0 Å². The van der Waals surface area contributed by atoms with E-state index in [4.69, 9.17) is 9.47 Å². The number of rotatable bonds is 2. The fourth-order valence-corrected chi connectivity index (χ4v) is 3.96. The summed E-state index contributed by atoms with van der Waals surface area (Å²) in [6.45, 7) is 1.32. The molecule has 0 saturated carbocycles. The van der Waals surface area contributed by atoms with Crippen LogP contribution in [-0.4, -0.2) is 11.9 Å². The van der Waals surface area contributed by atoms with Gasteiger partial charge in [0.05, 0.1) is 11.1 Å². The number of carbonyl (C=O) groups excluding carboxylic acids is 2. The van der Waals surface area contributed by atoms with Gasteiger partial charge < -0.3 is 9.47 Å². The van der Waals surface area contributed by atoms with Gasteiger partial charge in [0.1, 0.15) is 0 Å². The average molecular weight is 368 g/mol. The molecule has 0 fully saturated rings. The summed E-state index contributed by atoms with van der Waals surface area (Å²) in [5, 5.41) is 3.78. The van der Waals surface area contributed by atoms with E-state index in [1.165, 1.54) is 6.92 Å². The first-order valence-electron chi connectivity index (χ1n) is 9.03. The predicted octanol–water partition coefficient (Wildman–Crippen LogP) is 4.93. The van der Waals surface area contributed by atoms with Crippen LogP contribution in [0.5, 0.6) is 0 Å². The lowest BCUT2D eigenvalue weighted by molar-refractivity contribution is -0.190. The van der Waals surface area contributed by atoms with Gasteiger partial charge in [-0.3, -0.25) is 4.79 Å². The number of benzene rings is 4. The number of hydrogen-bond acceptors (Lipinski definition) is 4. The van der Waals surface area contributed by atoms with Crippen LogP contribution in [0.15, 0.2) is 78.9 Å². The molecular formula is C24H16O4. The molecule has 0 N–H and O–H groups in total. The van der Waals surface area contributed by atoms with Crippen molar-refractivity contribution in [3.05, 3.63) is 95.6 Å². The number of hydrogen-bond donors (Lipinski definition) is 0. The lowest BCUT2D eigenvalue weighted by atomic mass is 9.89. The number of ether oxygens (including phenoxy) is 2. The Morgan fingerprint density at radius 2 is 1.54 bits per heavy atom. The maximum absolute atomic E-state index is 12.7. The van der Waals surface area contributed by atoms with E-state index >= 15 is 0 Å². The summed E-state index contributed by atoms with van der Waals surface area (Å²) in [6.07, 6.45) is 0. The molecule has 28 heavy (non-hydrogen) atoms. The normalized spacial score (nSPS) is 18.1. The molecule has 1 heterocycles. The Labute approximate surface area is 161 Å². The summed E-state index contributed by atoms with van der Waals surface area (Å²) < 4.78 is 11.5. The van der Waals surface area contributed by atoms with Crippen molar-refractivity contribution < 1.29 is 19.1 Å². The molecule has 4 aromatic carbocycles. The molecular weight excluding hydrogens is 352 g/mol. The second kappa shape index (κ2) is 5.92. The third-order valence-electron chi connectivity index (χ3n) is 5.13. The molecule has 0 aromatic heterocycles. The smallest absolute Gasteiger partial charge is 0.342 e. The van der Waals surface area contributed by atoms with Crippen LogP contribution < -0.4 is 0 Å². The minimum atomic E-state index is -1.61. The second-order valence-electron chi connectivity index (χ2n) is 6.87. The standard InChI is InChI=1S/C24H16O4/c1-15(25)27-24(19-12-10-16-6-2-3-8-18(16)14-19)22-20-9-5-4-7-17(20)11-13-21(22)23(26)28-24/h2-14H,1H3. The molecule has 0 bridgehead atoms. The third kappa shape index (κ3) is 2.31. The summed E-state index contributed by atoms with van der Waals surface area (Å²) in [7, 11) is 0. The summed E-state index contributed by atoms with van der Waals surface area (Å²) in [5.74, 6) is -2.64. The highest BCUT2D eigenvalue weighted by atomic mass is 16.7. The van der Waals surface area contributed by atoms with E-state index in [0.29, 0.717) is 16.7 Å². The van der Waals surface area contributed by atoms with Crippen molar-refractivity contribution in [1.29, 1.82) is 0 Å². The number of carbonyl (C=O) groups is 2. The lowest BCUT2D eigenvalue weighted by Crippen LogP contribution is -2.33. The number of fused-ring (bicyclic) bond motifs is 4. The molecule has 0 aliphatic carbocycles. The zero-order chi connectivity index (χ0) is 19.3. The Morgan fingerprint density at radius 3 is 2.32 bits per heavy atom. The Morgan fingerprint density at radius 1 is 0.857 bits per heavy atom. The Bertz CT molecular complexity index is 1270. The second-order valence-corrected chi connectivity index (χ2v) is 6.87. The number of esters is 2. The highest BCUT2D eigenvalue weighted by molar-refractivity contribution is 6.03. The van der Waals surface area contributed by atoms with Gasteiger partial charge in [-0.25, -0.2) is 4.79 Å². The van der Waals surface area contributed by atoms with Crippen molar-refractivity contribution in [2.45, 2.75) is 12.7 Å². The lowest BCUT2D eigenvalue weighted by Gasteiger charge is -2.29.